The van der Waals surface area contributed by atoms with Gasteiger partial charge in [0.25, 0.3) is 0 Å². The SMILES string of the molecule is CC[N+]1=C(/C=C/Nc2ccccc2)S[C@H](C)C1. The summed E-state index contributed by atoms with van der Waals surface area (Å²) in [4.78, 5) is 0. The van der Waals surface area contributed by atoms with Gasteiger partial charge in [0.1, 0.15) is 6.54 Å². The second-order valence-electron chi connectivity index (χ2n) is 4.15. The van der Waals surface area contributed by atoms with Crippen LogP contribution in [-0.2, 0) is 0 Å². The van der Waals surface area contributed by atoms with E-state index in [4.69, 9.17) is 0 Å². The number of hydrogen-bond donors (Lipinski definition) is 1. The van der Waals surface area contributed by atoms with Gasteiger partial charge in [0.05, 0.1) is 5.25 Å². The highest BCUT2D eigenvalue weighted by atomic mass is 32.2. The third kappa shape index (κ3) is 3.37. The summed E-state index contributed by atoms with van der Waals surface area (Å²) < 4.78 is 2.42. The molecule has 2 nitrogen and oxygen atoms in total. The zero-order chi connectivity index (χ0) is 12.1. The van der Waals surface area contributed by atoms with Gasteiger partial charge in [-0.1, -0.05) is 18.2 Å². The molecule has 1 aromatic carbocycles. The maximum absolute atomic E-state index is 3.29. The molecule has 0 amide bonds. The zero-order valence-electron chi connectivity index (χ0n) is 10.4. The van der Waals surface area contributed by atoms with E-state index < -0.39 is 0 Å². The summed E-state index contributed by atoms with van der Waals surface area (Å²) in [6, 6.07) is 10.2. The number of anilines is 1. The van der Waals surface area contributed by atoms with Crippen LogP contribution < -0.4 is 5.32 Å². The Balaban J connectivity index is 1.97. The van der Waals surface area contributed by atoms with Crippen LogP contribution in [-0.4, -0.2) is 28.0 Å². The van der Waals surface area contributed by atoms with Gasteiger partial charge >= 0.3 is 0 Å². The molecule has 1 aliphatic rings. The summed E-state index contributed by atoms with van der Waals surface area (Å²) in [5, 5.41) is 5.35. The van der Waals surface area contributed by atoms with Crippen molar-refractivity contribution in [2.75, 3.05) is 18.4 Å². The molecule has 0 fully saturated rings. The number of benzene rings is 1. The fourth-order valence-corrected chi connectivity index (χ4v) is 3.06. The number of thioether (sulfide) groups is 1. The maximum atomic E-state index is 3.29. The van der Waals surface area contributed by atoms with Crippen molar-refractivity contribution < 1.29 is 4.58 Å². The second kappa shape index (κ2) is 5.92. The van der Waals surface area contributed by atoms with E-state index in [2.05, 4.69) is 41.9 Å². The van der Waals surface area contributed by atoms with E-state index in [1.807, 2.05) is 36.2 Å². The third-order valence-electron chi connectivity index (χ3n) is 2.74. The van der Waals surface area contributed by atoms with E-state index >= 15 is 0 Å². The molecule has 3 heteroatoms. The van der Waals surface area contributed by atoms with Gasteiger partial charge in [0.2, 0.25) is 5.04 Å². The Morgan fingerprint density at radius 1 is 1.41 bits per heavy atom. The lowest BCUT2D eigenvalue weighted by Gasteiger charge is -1.98. The first-order valence-corrected chi connectivity index (χ1v) is 6.94. The Kier molecular flexibility index (Phi) is 4.26. The van der Waals surface area contributed by atoms with E-state index in [0.717, 1.165) is 18.8 Å². The Bertz CT molecular complexity index is 423. The molecule has 0 radical (unpaired) electrons. The van der Waals surface area contributed by atoms with Crippen LogP contribution in [0, 0.1) is 0 Å². The van der Waals surface area contributed by atoms with Gasteiger partial charge in [-0.2, -0.15) is 0 Å². The van der Waals surface area contributed by atoms with E-state index in [-0.39, 0.29) is 0 Å². The maximum Gasteiger partial charge on any atom is 0.236 e. The van der Waals surface area contributed by atoms with Gasteiger partial charge in [-0.25, -0.2) is 4.58 Å². The number of rotatable bonds is 4. The lowest BCUT2D eigenvalue weighted by Crippen LogP contribution is -2.15. The van der Waals surface area contributed by atoms with Crippen molar-refractivity contribution in [2.24, 2.45) is 0 Å². The van der Waals surface area contributed by atoms with Gasteiger partial charge in [0, 0.05) is 18.0 Å². The topological polar surface area (TPSA) is 15.0 Å². The quantitative estimate of drug-likeness (QED) is 0.822. The van der Waals surface area contributed by atoms with Crippen LogP contribution in [0.15, 0.2) is 42.6 Å². The predicted molar refractivity (Wildman–Crippen MR) is 76.9 cm³/mol. The van der Waals surface area contributed by atoms with Crippen LogP contribution in [0.2, 0.25) is 0 Å². The van der Waals surface area contributed by atoms with Crippen molar-refractivity contribution in [3.8, 4) is 0 Å². The smallest absolute Gasteiger partial charge is 0.236 e. The highest BCUT2D eigenvalue weighted by molar-refractivity contribution is 8.14. The highest BCUT2D eigenvalue weighted by Crippen LogP contribution is 2.20. The van der Waals surface area contributed by atoms with E-state index in [9.17, 15) is 0 Å². The monoisotopic (exact) mass is 247 g/mol. The Morgan fingerprint density at radius 3 is 2.88 bits per heavy atom. The number of para-hydroxylation sites is 1. The van der Waals surface area contributed by atoms with Crippen molar-refractivity contribution in [1.29, 1.82) is 0 Å². The fourth-order valence-electron chi connectivity index (χ4n) is 1.89. The van der Waals surface area contributed by atoms with Gasteiger partial charge < -0.3 is 5.32 Å². The summed E-state index contributed by atoms with van der Waals surface area (Å²) in [5.74, 6) is 0. The molecule has 1 aliphatic heterocycles. The summed E-state index contributed by atoms with van der Waals surface area (Å²) in [7, 11) is 0. The molecule has 0 saturated heterocycles. The average Bonchev–Trinajstić information content (AvgIpc) is 2.71. The first kappa shape index (κ1) is 12.2. The molecule has 17 heavy (non-hydrogen) atoms. The molecule has 0 bridgehead atoms. The van der Waals surface area contributed by atoms with Crippen molar-refractivity contribution in [2.45, 2.75) is 19.1 Å². The van der Waals surface area contributed by atoms with Crippen molar-refractivity contribution in [3.05, 3.63) is 42.6 Å². The van der Waals surface area contributed by atoms with Crippen LogP contribution in [0.25, 0.3) is 0 Å². The largest absolute Gasteiger partial charge is 0.361 e. The van der Waals surface area contributed by atoms with Crippen LogP contribution >= 0.6 is 11.8 Å². The van der Waals surface area contributed by atoms with Gasteiger partial charge in [-0.15, -0.1) is 0 Å². The van der Waals surface area contributed by atoms with E-state index in [1.54, 1.807) is 0 Å². The summed E-state index contributed by atoms with van der Waals surface area (Å²) in [5.41, 5.74) is 1.13. The summed E-state index contributed by atoms with van der Waals surface area (Å²) >= 11 is 1.95. The summed E-state index contributed by atoms with van der Waals surface area (Å²) in [6.45, 7) is 6.73. The molecular weight excluding hydrogens is 228 g/mol. The predicted octanol–water partition coefficient (Wildman–Crippen LogP) is 3.18. The van der Waals surface area contributed by atoms with Crippen molar-refractivity contribution >= 4 is 22.5 Å². The third-order valence-corrected chi connectivity index (χ3v) is 3.93. The first-order chi connectivity index (χ1) is 8.29. The molecule has 0 unspecified atom stereocenters. The van der Waals surface area contributed by atoms with Crippen LogP contribution in [0.3, 0.4) is 0 Å². The van der Waals surface area contributed by atoms with Crippen molar-refractivity contribution in [3.63, 3.8) is 0 Å². The first-order valence-electron chi connectivity index (χ1n) is 6.06. The molecule has 2 rings (SSSR count). The van der Waals surface area contributed by atoms with Crippen LogP contribution in [0.4, 0.5) is 5.69 Å². The molecule has 1 aromatic rings. The van der Waals surface area contributed by atoms with Crippen molar-refractivity contribution in [1.82, 2.24) is 0 Å². The Labute approximate surface area is 107 Å². The van der Waals surface area contributed by atoms with Crippen LogP contribution in [0.1, 0.15) is 13.8 Å². The number of nitrogens with zero attached hydrogens (tertiary/aromatic N) is 1. The van der Waals surface area contributed by atoms with Gasteiger partial charge in [-0.3, -0.25) is 0 Å². The highest BCUT2D eigenvalue weighted by Gasteiger charge is 2.25. The lowest BCUT2D eigenvalue weighted by molar-refractivity contribution is -0.516. The normalized spacial score (nSPS) is 20.2. The minimum absolute atomic E-state index is 0.700. The lowest BCUT2D eigenvalue weighted by atomic mass is 10.3. The molecule has 0 spiro atoms. The zero-order valence-corrected chi connectivity index (χ0v) is 11.2. The molecular formula is C14H19N2S+. The molecule has 1 N–H and O–H groups in total. The fraction of sp³-hybridized carbons (Fsp3) is 0.357. The minimum Gasteiger partial charge on any atom is -0.361 e. The molecule has 1 atom stereocenters. The number of nitrogens with one attached hydrogen (secondary N) is 1. The van der Waals surface area contributed by atoms with E-state index in [0.29, 0.717) is 5.25 Å². The molecule has 0 aromatic heterocycles. The van der Waals surface area contributed by atoms with E-state index in [1.165, 1.54) is 5.04 Å². The van der Waals surface area contributed by atoms with Gasteiger partial charge in [0.15, 0.2) is 6.54 Å². The molecule has 1 heterocycles. The Hall–Kier alpha value is -1.22. The minimum atomic E-state index is 0.700. The molecule has 0 aliphatic carbocycles. The second-order valence-corrected chi connectivity index (χ2v) is 5.61. The van der Waals surface area contributed by atoms with Gasteiger partial charge in [-0.05, 0) is 37.7 Å². The molecule has 90 valence electrons. The number of hydrogen-bond acceptors (Lipinski definition) is 2. The van der Waals surface area contributed by atoms with Crippen LogP contribution in [0.5, 0.6) is 0 Å². The standard InChI is InChI=1S/C14H18N2S/c1-3-16-11-12(2)17-14(16)9-10-15-13-7-5-4-6-8-13/h4-10,12H,3,11H2,1-2H3/p+1/t12-/m1/s1. The molecule has 0 saturated carbocycles. The average molecular weight is 247 g/mol. The summed E-state index contributed by atoms with van der Waals surface area (Å²) in [6.07, 6.45) is 4.20. The Morgan fingerprint density at radius 2 is 2.18 bits per heavy atom.